The summed E-state index contributed by atoms with van der Waals surface area (Å²) >= 11 is 0. The van der Waals surface area contributed by atoms with Gasteiger partial charge in [-0.1, -0.05) is 0 Å². The van der Waals surface area contributed by atoms with Crippen LogP contribution in [0.3, 0.4) is 0 Å². The minimum absolute atomic E-state index is 0.139. The van der Waals surface area contributed by atoms with Crippen LogP contribution in [0.2, 0.25) is 0 Å². The van der Waals surface area contributed by atoms with Crippen molar-refractivity contribution in [2.45, 2.75) is 25.4 Å². The van der Waals surface area contributed by atoms with Crippen molar-refractivity contribution >= 4 is 22.6 Å². The summed E-state index contributed by atoms with van der Waals surface area (Å²) in [7, 11) is 4.00. The van der Waals surface area contributed by atoms with E-state index in [0.29, 0.717) is 18.0 Å². The predicted molar refractivity (Wildman–Crippen MR) is 106 cm³/mol. The number of hydrogen-bond donors (Lipinski definition) is 2. The lowest BCUT2D eigenvalue weighted by Crippen LogP contribution is -2.44. The van der Waals surface area contributed by atoms with Crippen molar-refractivity contribution < 1.29 is 9.90 Å². The summed E-state index contributed by atoms with van der Waals surface area (Å²) in [5, 5.41) is 13.4. The van der Waals surface area contributed by atoms with Gasteiger partial charge in [0, 0.05) is 56.0 Å². The minimum Gasteiger partial charge on any atom is -0.477 e. The Labute approximate surface area is 158 Å². The molecule has 0 amide bonds. The summed E-state index contributed by atoms with van der Waals surface area (Å²) in [6.45, 7) is 4.43. The number of carboxylic acids is 1. The second-order valence-corrected chi connectivity index (χ2v) is 7.79. The fraction of sp³-hybridized carbons (Fsp3) is 0.500. The number of nitrogens with zero attached hydrogens (tertiary/aromatic N) is 3. The van der Waals surface area contributed by atoms with Gasteiger partial charge < -0.3 is 24.8 Å². The zero-order valence-corrected chi connectivity index (χ0v) is 15.9. The summed E-state index contributed by atoms with van der Waals surface area (Å²) < 4.78 is 2.01. The zero-order chi connectivity index (χ0) is 19.1. The lowest BCUT2D eigenvalue weighted by atomic mass is 10.0. The highest BCUT2D eigenvalue weighted by Gasteiger charge is 2.28. The first-order chi connectivity index (χ1) is 13.0. The van der Waals surface area contributed by atoms with Crippen LogP contribution in [0.1, 0.15) is 34.8 Å². The standard InChI is InChI=1S/C20H26N4O3/c1-22(2)11-13-9-15-18(10-17(13)23-7-5-21-6-8-23)24(14-3-4-14)12-16(19(15)25)20(26)27/h9-10,12,14,21H,3-8,11H2,1-2H3,(H,26,27). The molecule has 1 aromatic heterocycles. The van der Waals surface area contributed by atoms with Crippen molar-refractivity contribution in [1.29, 1.82) is 0 Å². The average molecular weight is 370 g/mol. The molecule has 2 fully saturated rings. The molecule has 1 aliphatic carbocycles. The number of pyridine rings is 1. The van der Waals surface area contributed by atoms with Crippen LogP contribution in [0.25, 0.3) is 10.9 Å². The number of piperazine rings is 1. The molecule has 0 spiro atoms. The third-order valence-corrected chi connectivity index (χ3v) is 5.35. The van der Waals surface area contributed by atoms with Crippen molar-refractivity contribution in [3.05, 3.63) is 39.7 Å². The van der Waals surface area contributed by atoms with Crippen molar-refractivity contribution in [1.82, 2.24) is 14.8 Å². The van der Waals surface area contributed by atoms with E-state index in [1.54, 1.807) is 0 Å². The Hall–Kier alpha value is -2.38. The second kappa shape index (κ2) is 6.98. The van der Waals surface area contributed by atoms with Crippen LogP contribution in [0.4, 0.5) is 5.69 Å². The molecule has 144 valence electrons. The lowest BCUT2D eigenvalue weighted by Gasteiger charge is -2.32. The molecule has 7 heteroatoms. The topological polar surface area (TPSA) is 77.8 Å². The van der Waals surface area contributed by atoms with Gasteiger partial charge in [0.2, 0.25) is 5.43 Å². The molecule has 1 saturated carbocycles. The van der Waals surface area contributed by atoms with Crippen LogP contribution >= 0.6 is 0 Å². The van der Waals surface area contributed by atoms with Crippen molar-refractivity contribution in [2.24, 2.45) is 0 Å². The number of nitrogens with one attached hydrogen (secondary N) is 1. The molecule has 0 unspecified atom stereocenters. The molecule has 0 bridgehead atoms. The lowest BCUT2D eigenvalue weighted by molar-refractivity contribution is 0.0695. The van der Waals surface area contributed by atoms with E-state index >= 15 is 0 Å². The Morgan fingerprint density at radius 2 is 1.96 bits per heavy atom. The number of carbonyl (C=O) groups is 1. The molecule has 1 saturated heterocycles. The summed E-state index contributed by atoms with van der Waals surface area (Å²) in [6, 6.07) is 4.31. The molecule has 1 aliphatic heterocycles. The highest BCUT2D eigenvalue weighted by Crippen LogP contribution is 2.38. The fourth-order valence-corrected chi connectivity index (χ4v) is 3.90. The summed E-state index contributed by atoms with van der Waals surface area (Å²) in [6.07, 6.45) is 3.59. The van der Waals surface area contributed by atoms with E-state index in [4.69, 9.17) is 0 Å². The predicted octanol–water partition coefficient (Wildman–Crippen LogP) is 1.51. The SMILES string of the molecule is CN(C)Cc1cc2c(=O)c(C(=O)O)cn(C3CC3)c2cc1N1CCNCC1. The van der Waals surface area contributed by atoms with Crippen LogP contribution < -0.4 is 15.6 Å². The van der Waals surface area contributed by atoms with Crippen molar-refractivity contribution in [3.63, 3.8) is 0 Å². The van der Waals surface area contributed by atoms with Gasteiger partial charge in [0.1, 0.15) is 5.56 Å². The Bertz CT molecular complexity index is 940. The largest absolute Gasteiger partial charge is 0.477 e. The molecule has 7 nitrogen and oxygen atoms in total. The Morgan fingerprint density at radius 3 is 2.56 bits per heavy atom. The Kier molecular flexibility index (Phi) is 4.65. The zero-order valence-electron chi connectivity index (χ0n) is 15.9. The number of benzene rings is 1. The van der Waals surface area contributed by atoms with Gasteiger partial charge in [-0.2, -0.15) is 0 Å². The maximum absolute atomic E-state index is 12.9. The van der Waals surface area contributed by atoms with Crippen LogP contribution in [0.15, 0.2) is 23.1 Å². The van der Waals surface area contributed by atoms with E-state index in [9.17, 15) is 14.7 Å². The molecule has 0 atom stereocenters. The smallest absolute Gasteiger partial charge is 0.341 e. The van der Waals surface area contributed by atoms with Gasteiger partial charge in [-0.3, -0.25) is 4.79 Å². The van der Waals surface area contributed by atoms with Crippen LogP contribution in [0.5, 0.6) is 0 Å². The van der Waals surface area contributed by atoms with Crippen molar-refractivity contribution in [2.75, 3.05) is 45.2 Å². The van der Waals surface area contributed by atoms with Gasteiger partial charge in [-0.25, -0.2) is 4.79 Å². The average Bonchev–Trinajstić information content (AvgIpc) is 3.47. The van der Waals surface area contributed by atoms with E-state index in [1.165, 1.54) is 6.20 Å². The highest BCUT2D eigenvalue weighted by molar-refractivity contribution is 5.94. The quantitative estimate of drug-likeness (QED) is 0.831. The summed E-state index contributed by atoms with van der Waals surface area (Å²) in [4.78, 5) is 28.9. The number of hydrogen-bond acceptors (Lipinski definition) is 5. The Balaban J connectivity index is 1.96. The first kappa shape index (κ1) is 18.0. The monoisotopic (exact) mass is 370 g/mol. The van der Waals surface area contributed by atoms with Gasteiger partial charge in [-0.05, 0) is 44.6 Å². The molecule has 1 aromatic carbocycles. The molecule has 2 aliphatic rings. The fourth-order valence-electron chi connectivity index (χ4n) is 3.90. The number of carboxylic acid groups (broad SMARTS) is 1. The van der Waals surface area contributed by atoms with E-state index < -0.39 is 5.97 Å². The van der Waals surface area contributed by atoms with E-state index in [0.717, 1.165) is 55.8 Å². The summed E-state index contributed by atoms with van der Waals surface area (Å²) in [5.41, 5.74) is 2.54. The maximum Gasteiger partial charge on any atom is 0.341 e. The normalized spacial score (nSPS) is 17.7. The molecule has 4 rings (SSSR count). The summed E-state index contributed by atoms with van der Waals surface area (Å²) in [5.74, 6) is -1.16. The molecule has 2 heterocycles. The molecule has 2 N–H and O–H groups in total. The maximum atomic E-state index is 12.9. The van der Waals surface area contributed by atoms with E-state index in [-0.39, 0.29) is 11.0 Å². The van der Waals surface area contributed by atoms with Gasteiger partial charge in [0.05, 0.1) is 5.52 Å². The van der Waals surface area contributed by atoms with E-state index in [2.05, 4.69) is 21.2 Å². The van der Waals surface area contributed by atoms with Gasteiger partial charge in [0.25, 0.3) is 0 Å². The van der Waals surface area contributed by atoms with Gasteiger partial charge in [-0.15, -0.1) is 0 Å². The van der Waals surface area contributed by atoms with Crippen LogP contribution in [-0.4, -0.2) is 60.8 Å². The molecule has 0 radical (unpaired) electrons. The van der Waals surface area contributed by atoms with Gasteiger partial charge in [0.15, 0.2) is 0 Å². The van der Waals surface area contributed by atoms with E-state index in [1.807, 2.05) is 24.7 Å². The minimum atomic E-state index is -1.16. The highest BCUT2D eigenvalue weighted by atomic mass is 16.4. The van der Waals surface area contributed by atoms with Crippen molar-refractivity contribution in [3.8, 4) is 0 Å². The van der Waals surface area contributed by atoms with Gasteiger partial charge >= 0.3 is 5.97 Å². The van der Waals surface area contributed by atoms with Crippen LogP contribution in [0, 0.1) is 0 Å². The molecule has 2 aromatic rings. The molecular weight excluding hydrogens is 344 g/mol. The number of aromatic nitrogens is 1. The first-order valence-corrected chi connectivity index (χ1v) is 9.51. The molecular formula is C20H26N4O3. The number of rotatable bonds is 5. The first-order valence-electron chi connectivity index (χ1n) is 9.51. The van der Waals surface area contributed by atoms with Crippen LogP contribution in [-0.2, 0) is 6.54 Å². The number of aromatic carboxylic acids is 1. The Morgan fingerprint density at radius 1 is 1.26 bits per heavy atom. The third-order valence-electron chi connectivity index (χ3n) is 5.35. The molecule has 27 heavy (non-hydrogen) atoms. The third kappa shape index (κ3) is 3.44. The number of anilines is 1. The second-order valence-electron chi connectivity index (χ2n) is 7.79. The number of fused-ring (bicyclic) bond motifs is 1.